The van der Waals surface area contributed by atoms with E-state index in [0.29, 0.717) is 43.0 Å². The molecule has 3 aliphatic rings. The highest BCUT2D eigenvalue weighted by atomic mass is 32.2. The van der Waals surface area contributed by atoms with E-state index in [-0.39, 0.29) is 11.8 Å². The molecule has 2 aliphatic heterocycles. The van der Waals surface area contributed by atoms with Gasteiger partial charge in [-0.05, 0) is 101 Å². The quantitative estimate of drug-likeness (QED) is 0.439. The Morgan fingerprint density at radius 3 is 2.59 bits per heavy atom. The normalized spacial score (nSPS) is 24.5. The summed E-state index contributed by atoms with van der Waals surface area (Å²) in [6.07, 6.45) is 2.91. The molecular weight excluding hydrogens is 499 g/mol. The highest BCUT2D eigenvalue weighted by molar-refractivity contribution is 8.00. The number of halogens is 3. The summed E-state index contributed by atoms with van der Waals surface area (Å²) in [5.41, 5.74) is 0.579. The van der Waals surface area contributed by atoms with Crippen LogP contribution in [0.2, 0.25) is 0 Å². The Morgan fingerprint density at radius 2 is 1.89 bits per heavy atom. The summed E-state index contributed by atoms with van der Waals surface area (Å²) >= 11 is 1.92. The number of nitrogens with zero attached hydrogens (tertiary/aromatic N) is 3. The molecule has 1 aromatic carbocycles. The second-order valence-corrected chi connectivity index (χ2v) is 12.6. The molecule has 10 heteroatoms. The highest BCUT2D eigenvalue weighted by Gasteiger charge is 2.44. The number of anilines is 3. The van der Waals surface area contributed by atoms with Gasteiger partial charge in [0.2, 0.25) is 5.95 Å². The summed E-state index contributed by atoms with van der Waals surface area (Å²) < 4.78 is 41.4. The lowest BCUT2D eigenvalue weighted by atomic mass is 9.63. The maximum absolute atomic E-state index is 13.8. The van der Waals surface area contributed by atoms with Crippen molar-refractivity contribution in [3.8, 4) is 0 Å². The van der Waals surface area contributed by atoms with Crippen LogP contribution in [0.1, 0.15) is 63.0 Å². The summed E-state index contributed by atoms with van der Waals surface area (Å²) in [6.45, 7) is 6.68. The number of nitrogens with one attached hydrogen (secondary N) is 2. The molecule has 0 bridgehead atoms. The molecule has 0 radical (unpaired) electrons. The minimum atomic E-state index is -4.56. The van der Waals surface area contributed by atoms with Crippen LogP contribution in [-0.2, 0) is 6.18 Å². The molecule has 202 valence electrons. The van der Waals surface area contributed by atoms with Crippen LogP contribution in [0.3, 0.4) is 0 Å². The fourth-order valence-corrected chi connectivity index (χ4v) is 7.52. The second-order valence-electron chi connectivity index (χ2n) is 11.3. The van der Waals surface area contributed by atoms with E-state index in [9.17, 15) is 18.3 Å². The number of rotatable bonds is 5. The number of thioether (sulfide) groups is 1. The van der Waals surface area contributed by atoms with Crippen molar-refractivity contribution in [2.24, 2.45) is 5.41 Å². The molecule has 1 aromatic heterocycles. The monoisotopic (exact) mass is 535 g/mol. The average molecular weight is 536 g/mol. The first kappa shape index (κ1) is 26.6. The van der Waals surface area contributed by atoms with E-state index in [1.54, 1.807) is 11.8 Å². The molecule has 1 aliphatic carbocycles. The molecule has 1 saturated carbocycles. The molecule has 3 N–H and O–H groups in total. The minimum absolute atomic E-state index is 0.134. The largest absolute Gasteiger partial charge is 0.421 e. The Morgan fingerprint density at radius 1 is 1.14 bits per heavy atom. The van der Waals surface area contributed by atoms with Gasteiger partial charge in [0.1, 0.15) is 11.4 Å². The molecule has 1 atom stereocenters. The average Bonchev–Trinajstić information content (AvgIpc) is 3.00. The molecule has 6 nitrogen and oxygen atoms in total. The summed E-state index contributed by atoms with van der Waals surface area (Å²) in [5, 5.41) is 17.6. The van der Waals surface area contributed by atoms with Crippen LogP contribution in [0.15, 0.2) is 29.3 Å². The molecular formula is C27H36F3N5OS. The standard InChI is InChI=1S/C27H36F3N5OS/c1-18-14-19(37-20-15-26(16-20)7-10-31-11-8-26)4-5-22(18)33-24-32-17-21(27(28,29)30)23(34-24)35-12-3-6-25(2,36)9-13-35/h4-5,14,17,20,31,36H,3,6-13,15-16H2,1-2H3,(H,32,33,34). The fraction of sp³-hybridized carbons (Fsp3) is 0.630. The molecule has 1 unspecified atom stereocenters. The number of aromatic nitrogens is 2. The van der Waals surface area contributed by atoms with Gasteiger partial charge in [-0.1, -0.05) is 0 Å². The van der Waals surface area contributed by atoms with E-state index in [1.807, 2.05) is 24.8 Å². The summed E-state index contributed by atoms with van der Waals surface area (Å²) in [5.74, 6) is -0.00120. The van der Waals surface area contributed by atoms with Gasteiger partial charge in [-0.15, -0.1) is 11.8 Å². The van der Waals surface area contributed by atoms with Crippen molar-refractivity contribution in [3.63, 3.8) is 0 Å². The lowest BCUT2D eigenvalue weighted by molar-refractivity contribution is -0.137. The Labute approximate surface area is 220 Å². The van der Waals surface area contributed by atoms with Gasteiger partial charge in [0.15, 0.2) is 0 Å². The molecule has 37 heavy (non-hydrogen) atoms. The van der Waals surface area contributed by atoms with Crippen LogP contribution >= 0.6 is 11.8 Å². The van der Waals surface area contributed by atoms with E-state index >= 15 is 0 Å². The SMILES string of the molecule is Cc1cc(SC2CC3(CCNCC3)C2)ccc1Nc1ncc(C(F)(F)F)c(N2CCCC(C)(O)CC2)n1. The van der Waals surface area contributed by atoms with Gasteiger partial charge < -0.3 is 20.6 Å². The van der Waals surface area contributed by atoms with Crippen molar-refractivity contribution in [1.29, 1.82) is 0 Å². The Hall–Kier alpha value is -2.04. The number of aliphatic hydroxyl groups is 1. The zero-order valence-corrected chi connectivity index (χ0v) is 22.3. The van der Waals surface area contributed by atoms with Crippen molar-refractivity contribution in [2.75, 3.05) is 36.4 Å². The number of benzene rings is 1. The van der Waals surface area contributed by atoms with Gasteiger partial charge in [0.25, 0.3) is 0 Å². The fourth-order valence-electron chi connectivity index (χ4n) is 5.87. The summed E-state index contributed by atoms with van der Waals surface area (Å²) in [6, 6.07) is 6.15. The number of aryl methyl sites for hydroxylation is 1. The summed E-state index contributed by atoms with van der Waals surface area (Å²) in [7, 11) is 0. The van der Waals surface area contributed by atoms with Crippen molar-refractivity contribution in [2.45, 2.75) is 80.7 Å². The molecule has 2 aromatic rings. The van der Waals surface area contributed by atoms with E-state index in [4.69, 9.17) is 0 Å². The number of alkyl halides is 3. The molecule has 0 amide bonds. The Bertz CT molecular complexity index is 1110. The van der Waals surface area contributed by atoms with Crippen molar-refractivity contribution >= 4 is 29.2 Å². The van der Waals surface area contributed by atoms with Gasteiger partial charge in [-0.2, -0.15) is 18.2 Å². The lowest BCUT2D eigenvalue weighted by Gasteiger charge is -2.50. The van der Waals surface area contributed by atoms with E-state index < -0.39 is 17.3 Å². The van der Waals surface area contributed by atoms with Gasteiger partial charge in [-0.3, -0.25) is 0 Å². The summed E-state index contributed by atoms with van der Waals surface area (Å²) in [4.78, 5) is 11.2. The van der Waals surface area contributed by atoms with Crippen molar-refractivity contribution in [1.82, 2.24) is 15.3 Å². The van der Waals surface area contributed by atoms with Crippen LogP contribution in [0.25, 0.3) is 0 Å². The van der Waals surface area contributed by atoms with Gasteiger partial charge in [0.05, 0.1) is 5.60 Å². The van der Waals surface area contributed by atoms with Crippen LogP contribution in [0, 0.1) is 12.3 Å². The minimum Gasteiger partial charge on any atom is -0.390 e. The number of hydrogen-bond donors (Lipinski definition) is 3. The molecule has 5 rings (SSSR count). The van der Waals surface area contributed by atoms with Crippen LogP contribution in [0.5, 0.6) is 0 Å². The Balaban J connectivity index is 1.29. The lowest BCUT2D eigenvalue weighted by Crippen LogP contribution is -2.46. The van der Waals surface area contributed by atoms with Gasteiger partial charge >= 0.3 is 6.18 Å². The molecule has 3 fully saturated rings. The molecule has 2 saturated heterocycles. The first-order chi connectivity index (χ1) is 17.5. The molecule has 3 heterocycles. The Kier molecular flexibility index (Phi) is 7.37. The third-order valence-electron chi connectivity index (χ3n) is 8.17. The predicted octanol–water partition coefficient (Wildman–Crippen LogP) is 5.91. The number of piperidine rings is 1. The van der Waals surface area contributed by atoms with E-state index in [0.717, 1.165) is 30.5 Å². The van der Waals surface area contributed by atoms with E-state index in [1.165, 1.54) is 30.6 Å². The van der Waals surface area contributed by atoms with Gasteiger partial charge in [0, 0.05) is 35.1 Å². The van der Waals surface area contributed by atoms with E-state index in [2.05, 4.69) is 32.7 Å². The van der Waals surface area contributed by atoms with Crippen molar-refractivity contribution < 1.29 is 18.3 Å². The zero-order chi connectivity index (χ0) is 26.3. The van der Waals surface area contributed by atoms with Crippen LogP contribution < -0.4 is 15.5 Å². The third kappa shape index (κ3) is 6.17. The number of hydrogen-bond acceptors (Lipinski definition) is 7. The predicted molar refractivity (Wildman–Crippen MR) is 142 cm³/mol. The van der Waals surface area contributed by atoms with Crippen LogP contribution in [-0.4, -0.2) is 52.1 Å². The maximum Gasteiger partial charge on any atom is 0.421 e. The third-order valence-corrected chi connectivity index (χ3v) is 9.36. The van der Waals surface area contributed by atoms with Gasteiger partial charge in [-0.25, -0.2) is 4.98 Å². The topological polar surface area (TPSA) is 73.3 Å². The first-order valence-corrected chi connectivity index (χ1v) is 14.1. The van der Waals surface area contributed by atoms with Crippen LogP contribution in [0.4, 0.5) is 30.6 Å². The zero-order valence-electron chi connectivity index (χ0n) is 21.5. The second kappa shape index (κ2) is 10.3. The highest BCUT2D eigenvalue weighted by Crippen LogP contribution is 2.54. The maximum atomic E-state index is 13.8. The smallest absolute Gasteiger partial charge is 0.390 e. The first-order valence-electron chi connectivity index (χ1n) is 13.2. The van der Waals surface area contributed by atoms with Crippen molar-refractivity contribution in [3.05, 3.63) is 35.5 Å². The molecule has 1 spiro atoms.